The Labute approximate surface area is 113 Å². The molecule has 0 aliphatic rings. The van der Waals surface area contributed by atoms with Crippen LogP contribution in [0.2, 0.25) is 0 Å². The van der Waals surface area contributed by atoms with Crippen LogP contribution in [-0.4, -0.2) is 17.4 Å². The lowest BCUT2D eigenvalue weighted by Crippen LogP contribution is -2.53. The van der Waals surface area contributed by atoms with E-state index < -0.39 is 16.9 Å². The molecule has 0 aliphatic heterocycles. The molecule has 0 heterocycles. The number of amides is 2. The van der Waals surface area contributed by atoms with Gasteiger partial charge in [-0.3, -0.25) is 9.59 Å². The maximum absolute atomic E-state index is 12.2. The predicted molar refractivity (Wildman–Crippen MR) is 75.6 cm³/mol. The molecule has 0 saturated heterocycles. The van der Waals surface area contributed by atoms with E-state index in [4.69, 9.17) is 11.5 Å². The third kappa shape index (κ3) is 3.32. The summed E-state index contributed by atoms with van der Waals surface area (Å²) in [4.78, 5) is 23.2. The summed E-state index contributed by atoms with van der Waals surface area (Å²) in [6.07, 6.45) is 0. The van der Waals surface area contributed by atoms with Gasteiger partial charge >= 0.3 is 0 Å². The van der Waals surface area contributed by atoms with Crippen molar-refractivity contribution in [3.8, 4) is 0 Å². The van der Waals surface area contributed by atoms with Crippen molar-refractivity contribution in [1.29, 1.82) is 0 Å². The molecule has 104 valence electrons. The third-order valence-electron chi connectivity index (χ3n) is 3.61. The molecular weight excluding hydrogens is 242 g/mol. The number of carbonyl (C=O) groups excluding carboxylic acids is 2. The average Bonchev–Trinajstić information content (AvgIpc) is 2.28. The van der Waals surface area contributed by atoms with Crippen LogP contribution in [-0.2, 0) is 4.79 Å². The van der Waals surface area contributed by atoms with Crippen LogP contribution in [0, 0.1) is 5.41 Å². The SMILES string of the molecule is CC(C)(N)C(C)(C)C(=O)Nc1ccc(C(N)=O)cc1. The molecule has 5 N–H and O–H groups in total. The minimum absolute atomic E-state index is 0.174. The fraction of sp³-hybridized carbons (Fsp3) is 0.429. The number of hydrogen-bond donors (Lipinski definition) is 3. The molecule has 0 saturated carbocycles. The van der Waals surface area contributed by atoms with E-state index in [-0.39, 0.29) is 5.91 Å². The third-order valence-corrected chi connectivity index (χ3v) is 3.61. The summed E-state index contributed by atoms with van der Waals surface area (Å²) < 4.78 is 0. The molecule has 5 heteroatoms. The van der Waals surface area contributed by atoms with Gasteiger partial charge in [0.2, 0.25) is 11.8 Å². The predicted octanol–water partition coefficient (Wildman–Crippen LogP) is 1.49. The van der Waals surface area contributed by atoms with Crippen LogP contribution in [0.3, 0.4) is 0 Å². The van der Waals surface area contributed by atoms with Gasteiger partial charge in [0.05, 0.1) is 5.41 Å². The lowest BCUT2D eigenvalue weighted by Gasteiger charge is -2.36. The Balaban J connectivity index is 2.86. The van der Waals surface area contributed by atoms with Crippen molar-refractivity contribution in [2.24, 2.45) is 16.9 Å². The van der Waals surface area contributed by atoms with E-state index in [0.29, 0.717) is 11.3 Å². The molecule has 0 unspecified atom stereocenters. The highest BCUT2D eigenvalue weighted by Crippen LogP contribution is 2.29. The Morgan fingerprint density at radius 2 is 1.53 bits per heavy atom. The van der Waals surface area contributed by atoms with Crippen molar-refractivity contribution in [2.45, 2.75) is 33.2 Å². The Kier molecular flexibility index (Phi) is 4.00. The Hall–Kier alpha value is -1.88. The summed E-state index contributed by atoms with van der Waals surface area (Å²) in [5.41, 5.74) is 10.8. The first-order chi connectivity index (χ1) is 8.55. The van der Waals surface area contributed by atoms with E-state index in [1.807, 2.05) is 13.8 Å². The molecule has 0 fully saturated rings. The summed E-state index contributed by atoms with van der Waals surface area (Å²) in [5.74, 6) is -0.673. The molecule has 1 aromatic rings. The van der Waals surface area contributed by atoms with Crippen molar-refractivity contribution in [2.75, 3.05) is 5.32 Å². The molecular formula is C14H21N3O2. The molecule has 0 aromatic heterocycles. The van der Waals surface area contributed by atoms with Gasteiger partial charge in [-0.15, -0.1) is 0 Å². The van der Waals surface area contributed by atoms with Crippen LogP contribution in [0.1, 0.15) is 38.1 Å². The van der Waals surface area contributed by atoms with Gasteiger partial charge in [0.1, 0.15) is 0 Å². The van der Waals surface area contributed by atoms with E-state index in [0.717, 1.165) is 0 Å². The lowest BCUT2D eigenvalue weighted by atomic mass is 9.74. The van der Waals surface area contributed by atoms with Gasteiger partial charge in [-0.05, 0) is 52.0 Å². The second-order valence-corrected chi connectivity index (χ2v) is 5.74. The fourth-order valence-corrected chi connectivity index (χ4v) is 1.30. The van der Waals surface area contributed by atoms with Crippen LogP contribution in [0.15, 0.2) is 24.3 Å². The number of nitrogens with two attached hydrogens (primary N) is 2. The number of hydrogen-bond acceptors (Lipinski definition) is 3. The zero-order chi connectivity index (χ0) is 14.8. The number of nitrogens with one attached hydrogen (secondary N) is 1. The maximum Gasteiger partial charge on any atom is 0.248 e. The number of primary amides is 1. The van der Waals surface area contributed by atoms with Crippen LogP contribution in [0.4, 0.5) is 5.69 Å². The lowest BCUT2D eigenvalue weighted by molar-refractivity contribution is -0.126. The molecule has 0 bridgehead atoms. The highest BCUT2D eigenvalue weighted by molar-refractivity contribution is 5.97. The normalized spacial score (nSPS) is 12.1. The van der Waals surface area contributed by atoms with Gasteiger partial charge in [0.25, 0.3) is 0 Å². The molecule has 0 spiro atoms. The van der Waals surface area contributed by atoms with E-state index in [1.54, 1.807) is 38.1 Å². The Morgan fingerprint density at radius 1 is 1.05 bits per heavy atom. The van der Waals surface area contributed by atoms with Crippen molar-refractivity contribution >= 4 is 17.5 Å². The van der Waals surface area contributed by atoms with Gasteiger partial charge in [0.15, 0.2) is 0 Å². The van der Waals surface area contributed by atoms with Gasteiger partial charge < -0.3 is 16.8 Å². The molecule has 1 rings (SSSR count). The molecule has 1 aromatic carbocycles. The van der Waals surface area contributed by atoms with Crippen molar-refractivity contribution < 1.29 is 9.59 Å². The van der Waals surface area contributed by atoms with Crippen LogP contribution in [0.25, 0.3) is 0 Å². The summed E-state index contributed by atoms with van der Waals surface area (Å²) >= 11 is 0. The molecule has 2 amide bonds. The first-order valence-corrected chi connectivity index (χ1v) is 6.06. The van der Waals surface area contributed by atoms with E-state index >= 15 is 0 Å². The minimum Gasteiger partial charge on any atom is -0.366 e. The molecule has 0 atom stereocenters. The van der Waals surface area contributed by atoms with Gasteiger partial charge in [0, 0.05) is 16.8 Å². The summed E-state index contributed by atoms with van der Waals surface area (Å²) in [6, 6.07) is 6.41. The second-order valence-electron chi connectivity index (χ2n) is 5.74. The number of anilines is 1. The highest BCUT2D eigenvalue weighted by atomic mass is 16.2. The zero-order valence-corrected chi connectivity index (χ0v) is 11.8. The maximum atomic E-state index is 12.2. The summed E-state index contributed by atoms with van der Waals surface area (Å²) in [5, 5.41) is 2.78. The first kappa shape index (κ1) is 15.2. The number of rotatable bonds is 4. The smallest absolute Gasteiger partial charge is 0.248 e. The first-order valence-electron chi connectivity index (χ1n) is 6.06. The zero-order valence-electron chi connectivity index (χ0n) is 11.8. The van der Waals surface area contributed by atoms with Crippen LogP contribution < -0.4 is 16.8 Å². The van der Waals surface area contributed by atoms with Gasteiger partial charge in [-0.1, -0.05) is 0 Å². The Bertz CT molecular complexity index is 484. The van der Waals surface area contributed by atoms with E-state index in [9.17, 15) is 9.59 Å². The van der Waals surface area contributed by atoms with Crippen molar-refractivity contribution in [3.05, 3.63) is 29.8 Å². The van der Waals surface area contributed by atoms with E-state index in [2.05, 4.69) is 5.32 Å². The fourth-order valence-electron chi connectivity index (χ4n) is 1.30. The van der Waals surface area contributed by atoms with Crippen LogP contribution in [0.5, 0.6) is 0 Å². The highest BCUT2D eigenvalue weighted by Gasteiger charge is 2.40. The largest absolute Gasteiger partial charge is 0.366 e. The molecule has 0 aliphatic carbocycles. The number of carbonyl (C=O) groups is 2. The summed E-state index contributed by atoms with van der Waals surface area (Å²) in [7, 11) is 0. The molecule has 5 nitrogen and oxygen atoms in total. The molecule has 0 radical (unpaired) electrons. The van der Waals surface area contributed by atoms with Crippen LogP contribution >= 0.6 is 0 Å². The van der Waals surface area contributed by atoms with Gasteiger partial charge in [-0.2, -0.15) is 0 Å². The van der Waals surface area contributed by atoms with Gasteiger partial charge in [-0.25, -0.2) is 0 Å². The topological polar surface area (TPSA) is 98.2 Å². The summed E-state index contributed by atoms with van der Waals surface area (Å²) in [6.45, 7) is 7.20. The average molecular weight is 263 g/mol. The van der Waals surface area contributed by atoms with Crippen molar-refractivity contribution in [1.82, 2.24) is 0 Å². The second kappa shape index (κ2) is 5.01. The Morgan fingerprint density at radius 3 is 1.89 bits per heavy atom. The standard InChI is InChI=1S/C14H21N3O2/c1-13(2,14(3,4)16)12(19)17-10-7-5-9(6-8-10)11(15)18/h5-8H,16H2,1-4H3,(H2,15,18)(H,17,19). The molecule has 19 heavy (non-hydrogen) atoms. The van der Waals surface area contributed by atoms with E-state index in [1.165, 1.54) is 0 Å². The monoisotopic (exact) mass is 263 g/mol. The quantitative estimate of drug-likeness (QED) is 0.767. The van der Waals surface area contributed by atoms with Crippen molar-refractivity contribution in [3.63, 3.8) is 0 Å². The minimum atomic E-state index is -0.727. The number of benzene rings is 1.